The maximum atomic E-state index is 13.8. The third-order valence-corrected chi connectivity index (χ3v) is 6.86. The molecule has 232 valence electrons. The van der Waals surface area contributed by atoms with Gasteiger partial charge in [0.25, 0.3) is 5.82 Å². The largest absolute Gasteiger partial charge is 0.360 e. The number of allylic oxidation sites excluding steroid dienone is 4. The van der Waals surface area contributed by atoms with Crippen LogP contribution in [0.15, 0.2) is 28.4 Å². The minimum Gasteiger partial charge on any atom is -0.360 e. The van der Waals surface area contributed by atoms with E-state index in [1.165, 1.54) is 6.07 Å². The molecule has 5 rings (SSSR count). The van der Waals surface area contributed by atoms with Gasteiger partial charge in [0, 0.05) is 11.1 Å². The van der Waals surface area contributed by atoms with Crippen LogP contribution < -0.4 is 0 Å². The number of hydrogen-bond donors (Lipinski definition) is 0. The summed E-state index contributed by atoms with van der Waals surface area (Å²) in [6, 6.07) is 13.2. The molecule has 3 aromatic heterocycles. The van der Waals surface area contributed by atoms with Crippen molar-refractivity contribution in [2.45, 2.75) is 24.7 Å². The number of halogens is 4. The first-order valence-electron chi connectivity index (χ1n) is 12.9. The predicted octanol–water partition coefficient (Wildman–Crippen LogP) is 4.75. The lowest BCUT2D eigenvalue weighted by Crippen LogP contribution is -2.43. The van der Waals surface area contributed by atoms with Crippen molar-refractivity contribution in [1.82, 2.24) is 24.9 Å². The number of rotatable bonds is 0. The fourth-order valence-corrected chi connectivity index (χ4v) is 4.68. The molecule has 0 aliphatic heterocycles. The summed E-state index contributed by atoms with van der Waals surface area (Å²) in [6.45, 7) is 14.5. The first-order valence-corrected chi connectivity index (χ1v) is 12.9. The molecule has 4 atom stereocenters. The lowest BCUT2D eigenvalue weighted by molar-refractivity contribution is 0.111. The highest BCUT2D eigenvalue weighted by Gasteiger charge is 2.49. The molecule has 1 saturated carbocycles. The van der Waals surface area contributed by atoms with Crippen LogP contribution in [0, 0.1) is 104 Å². The standard InChI is InChI=1S/C19HN11.C12H4F4N4/c1-24-18-8(4-20)3-9-13-15(27-11(6-22)10(5-21)26-13)17-16(14(9)29-18)30-19(25-2)12(7-23)28-17;13-9-7(5(1-17)2-18)10(14)12(16)8(11(9)15)6(3-19)4-20/h3H;9-12H. The van der Waals surface area contributed by atoms with Crippen molar-refractivity contribution in [3.63, 3.8) is 0 Å². The molecule has 0 spiro atoms. The van der Waals surface area contributed by atoms with Crippen LogP contribution in [-0.4, -0.2) is 49.6 Å². The van der Waals surface area contributed by atoms with Gasteiger partial charge in [-0.2, -0.15) is 42.1 Å². The first kappa shape index (κ1) is 34.3. The van der Waals surface area contributed by atoms with Crippen LogP contribution in [-0.2, 0) is 0 Å². The van der Waals surface area contributed by atoms with Crippen molar-refractivity contribution in [1.29, 1.82) is 42.1 Å². The van der Waals surface area contributed by atoms with Gasteiger partial charge in [-0.05, 0) is 6.07 Å². The summed E-state index contributed by atoms with van der Waals surface area (Å²) in [4.78, 5) is 27.3. The van der Waals surface area contributed by atoms with Crippen LogP contribution >= 0.6 is 0 Å². The zero-order valence-electron chi connectivity index (χ0n) is 24.1. The van der Waals surface area contributed by atoms with Crippen molar-refractivity contribution in [3.05, 3.63) is 73.8 Å². The number of alkyl halides is 4. The second-order valence-electron chi connectivity index (χ2n) is 9.35. The smallest absolute Gasteiger partial charge is 0.307 e. The predicted molar refractivity (Wildman–Crippen MR) is 155 cm³/mol. The van der Waals surface area contributed by atoms with Crippen LogP contribution in [0.3, 0.4) is 0 Å². The van der Waals surface area contributed by atoms with Crippen LogP contribution in [0.25, 0.3) is 42.7 Å². The lowest BCUT2D eigenvalue weighted by atomic mass is 9.80. The van der Waals surface area contributed by atoms with Gasteiger partial charge in [0.1, 0.15) is 70.2 Å². The molecule has 0 N–H and O–H groups in total. The van der Waals surface area contributed by atoms with Crippen LogP contribution in [0.5, 0.6) is 0 Å². The summed E-state index contributed by atoms with van der Waals surface area (Å²) in [7, 11) is 0. The highest BCUT2D eigenvalue weighted by molar-refractivity contribution is 6.20. The second-order valence-corrected chi connectivity index (χ2v) is 9.35. The van der Waals surface area contributed by atoms with Gasteiger partial charge in [0.05, 0.1) is 17.0 Å². The summed E-state index contributed by atoms with van der Waals surface area (Å²) < 4.78 is 55.1. The van der Waals surface area contributed by atoms with E-state index in [4.69, 9.17) is 34.2 Å². The van der Waals surface area contributed by atoms with Gasteiger partial charge < -0.3 is 9.69 Å². The number of hydrogen-bond acceptors (Lipinski definition) is 13. The van der Waals surface area contributed by atoms with E-state index >= 15 is 0 Å². The third kappa shape index (κ3) is 5.44. The molecule has 19 heteroatoms. The van der Waals surface area contributed by atoms with Crippen LogP contribution in [0.2, 0.25) is 0 Å². The van der Waals surface area contributed by atoms with E-state index in [2.05, 4.69) is 34.6 Å². The van der Waals surface area contributed by atoms with Crippen molar-refractivity contribution < 1.29 is 17.6 Å². The summed E-state index contributed by atoms with van der Waals surface area (Å²) in [6.07, 6.45) is -11.2. The molecule has 1 aromatic carbocycles. The summed E-state index contributed by atoms with van der Waals surface area (Å²) in [5.74, 6) is -0.466. The molecular weight excluding hydrogens is 658 g/mol. The Morgan fingerprint density at radius 1 is 0.520 bits per heavy atom. The number of pyridine rings is 1. The van der Waals surface area contributed by atoms with E-state index in [9.17, 15) is 38.6 Å². The van der Waals surface area contributed by atoms with E-state index in [1.54, 1.807) is 18.2 Å². The average Bonchev–Trinajstić information content (AvgIpc) is 3.15. The Morgan fingerprint density at radius 3 is 1.28 bits per heavy atom. The molecule has 0 bridgehead atoms. The maximum Gasteiger partial charge on any atom is 0.307 e. The van der Waals surface area contributed by atoms with Gasteiger partial charge in [-0.25, -0.2) is 32.5 Å². The summed E-state index contributed by atoms with van der Waals surface area (Å²) >= 11 is 0. The van der Waals surface area contributed by atoms with Crippen molar-refractivity contribution in [2.24, 2.45) is 0 Å². The number of benzene rings is 1. The first-order chi connectivity index (χ1) is 24.0. The fourth-order valence-electron chi connectivity index (χ4n) is 4.68. The van der Waals surface area contributed by atoms with Crippen LogP contribution in [0.4, 0.5) is 29.2 Å². The normalized spacial score (nSPS) is 17.3. The zero-order chi connectivity index (χ0) is 36.9. The number of fused-ring (bicyclic) bond motifs is 6. The molecule has 1 aliphatic carbocycles. The van der Waals surface area contributed by atoms with Gasteiger partial charge in [-0.3, -0.25) is 0 Å². The number of nitrogens with zero attached hydrogens (tertiary/aromatic N) is 15. The highest BCUT2D eigenvalue weighted by Crippen LogP contribution is 2.40. The molecular formula is C31H5F4N15. The van der Waals surface area contributed by atoms with Gasteiger partial charge in [-0.15, -0.1) is 9.97 Å². The lowest BCUT2D eigenvalue weighted by Gasteiger charge is -2.31. The Labute approximate surface area is 276 Å². The Kier molecular flexibility index (Phi) is 9.47. The Bertz CT molecular complexity index is 2230. The number of nitriles is 8. The van der Waals surface area contributed by atoms with Crippen LogP contribution in [0.1, 0.15) is 22.6 Å². The van der Waals surface area contributed by atoms with Gasteiger partial charge in [-0.1, -0.05) is 13.1 Å². The van der Waals surface area contributed by atoms with Crippen molar-refractivity contribution >= 4 is 44.6 Å². The van der Waals surface area contributed by atoms with Crippen molar-refractivity contribution in [2.75, 3.05) is 0 Å². The summed E-state index contributed by atoms with van der Waals surface area (Å²) in [5, 5.41) is 71.6. The van der Waals surface area contributed by atoms with E-state index in [1.807, 2.05) is 6.07 Å². The summed E-state index contributed by atoms with van der Waals surface area (Å²) in [5.41, 5.74) is -5.07. The molecule has 15 nitrogen and oxygen atoms in total. The Hall–Kier alpha value is -8.59. The minimum absolute atomic E-state index is 0.0306. The second kappa shape index (κ2) is 13.8. The molecule has 3 heterocycles. The molecule has 1 fully saturated rings. The van der Waals surface area contributed by atoms with Gasteiger partial charge in [0.2, 0.25) is 11.0 Å². The fraction of sp³-hybridized carbons (Fsp3) is 0.129. The zero-order valence-corrected chi connectivity index (χ0v) is 24.1. The quantitative estimate of drug-likeness (QED) is 0.106. The topological polar surface area (TPSA) is 263 Å². The Balaban J connectivity index is 0.000000246. The van der Waals surface area contributed by atoms with Crippen molar-refractivity contribution in [3.8, 4) is 48.6 Å². The van der Waals surface area contributed by atoms with E-state index in [-0.39, 0.29) is 67.3 Å². The molecule has 4 unspecified atom stereocenters. The molecule has 1 aliphatic rings. The van der Waals surface area contributed by atoms with E-state index in [0.717, 1.165) is 24.3 Å². The maximum absolute atomic E-state index is 13.8. The highest BCUT2D eigenvalue weighted by atomic mass is 19.2. The minimum atomic E-state index is -2.81. The van der Waals surface area contributed by atoms with Gasteiger partial charge in [0.15, 0.2) is 41.8 Å². The van der Waals surface area contributed by atoms with E-state index in [0.29, 0.717) is 0 Å². The SMILES string of the molecule is N#CC(C#N)=C1C(F)C(F)C(=C(C#N)C#N)C(F)C1F.[C-]#[N+]c1nc2c(cc1C#N)c1nc(C#N)c(C#N)nc1c1nc(C#N)c([N+]#[C-])nc21. The van der Waals surface area contributed by atoms with E-state index < -0.39 is 47.0 Å². The monoisotopic (exact) mass is 663 g/mol. The molecule has 4 aromatic rings. The molecule has 0 amide bonds. The number of aromatic nitrogens is 5. The molecule has 0 radical (unpaired) electrons. The third-order valence-electron chi connectivity index (χ3n) is 6.86. The van der Waals surface area contributed by atoms with Gasteiger partial charge >= 0.3 is 5.82 Å². The molecule has 50 heavy (non-hydrogen) atoms. The Morgan fingerprint density at radius 2 is 0.880 bits per heavy atom. The molecule has 0 saturated heterocycles. The average molecular weight is 663 g/mol.